The smallest absolute Gasteiger partial charge is 0.393 e. The lowest BCUT2D eigenvalue weighted by Gasteiger charge is -2.16. The van der Waals surface area contributed by atoms with E-state index >= 15 is 0 Å². The molecule has 0 bridgehead atoms. The summed E-state index contributed by atoms with van der Waals surface area (Å²) in [7, 11) is 0. The second-order valence-corrected chi connectivity index (χ2v) is 5.55. The second kappa shape index (κ2) is 7.26. The predicted molar refractivity (Wildman–Crippen MR) is 74.2 cm³/mol. The van der Waals surface area contributed by atoms with E-state index in [0.29, 0.717) is 5.75 Å². The average molecular weight is 282 g/mol. The van der Waals surface area contributed by atoms with Crippen LogP contribution in [0.15, 0.2) is 24.3 Å². The fourth-order valence-corrected chi connectivity index (χ4v) is 1.45. The maximum atomic E-state index is 11.5. The molecule has 1 atom stereocenters. The molecule has 1 aromatic rings. The zero-order valence-corrected chi connectivity index (χ0v) is 12.6. The van der Waals surface area contributed by atoms with E-state index in [0.717, 1.165) is 12.0 Å². The number of rotatable bonds is 5. The Bertz CT molecular complexity index is 436. The van der Waals surface area contributed by atoms with Gasteiger partial charge in [-0.2, -0.15) is 4.89 Å². The van der Waals surface area contributed by atoms with Gasteiger partial charge in [-0.3, -0.25) is 0 Å². The van der Waals surface area contributed by atoms with Crippen LogP contribution in [0.2, 0.25) is 0 Å². The third-order valence-corrected chi connectivity index (χ3v) is 2.64. The van der Waals surface area contributed by atoms with E-state index in [2.05, 4.69) is 23.8 Å². The molecule has 5 nitrogen and oxygen atoms in total. The summed E-state index contributed by atoms with van der Waals surface area (Å²) in [5, 5.41) is 4.38. The standard InChI is InChI=1S/C15H22O5/c1-6-11(2)12-9-7-8-10-13(12)17-14(16)18-20-19-15(3,4)5/h7-11H,6H2,1-5H3. The fourth-order valence-electron chi connectivity index (χ4n) is 1.45. The van der Waals surface area contributed by atoms with Crippen molar-refractivity contribution >= 4 is 6.16 Å². The van der Waals surface area contributed by atoms with Crippen LogP contribution in [-0.4, -0.2) is 11.8 Å². The molecule has 0 spiro atoms. The fraction of sp³-hybridized carbons (Fsp3) is 0.533. The first kappa shape index (κ1) is 16.5. The van der Waals surface area contributed by atoms with E-state index in [-0.39, 0.29) is 5.92 Å². The Hall–Kier alpha value is -1.59. The Morgan fingerprint density at radius 3 is 2.50 bits per heavy atom. The van der Waals surface area contributed by atoms with Gasteiger partial charge in [0.15, 0.2) is 0 Å². The number of benzene rings is 1. The van der Waals surface area contributed by atoms with Gasteiger partial charge in [0, 0.05) is 0 Å². The topological polar surface area (TPSA) is 54.0 Å². The summed E-state index contributed by atoms with van der Waals surface area (Å²) in [6.07, 6.45) is -0.0241. The molecule has 112 valence electrons. The molecule has 1 aromatic carbocycles. The molecule has 0 aromatic heterocycles. The van der Waals surface area contributed by atoms with Crippen molar-refractivity contribution in [3.63, 3.8) is 0 Å². The van der Waals surface area contributed by atoms with Gasteiger partial charge in [-0.15, -0.1) is 0 Å². The van der Waals surface area contributed by atoms with Crippen LogP contribution in [0.25, 0.3) is 0 Å². The van der Waals surface area contributed by atoms with Crippen molar-refractivity contribution in [2.24, 2.45) is 0 Å². The normalized spacial score (nSPS) is 12.8. The molecule has 0 aliphatic rings. The van der Waals surface area contributed by atoms with Gasteiger partial charge in [0.2, 0.25) is 0 Å². The number of carbonyl (C=O) groups excluding carboxylic acids is 1. The Labute approximate surface area is 119 Å². The summed E-state index contributed by atoms with van der Waals surface area (Å²) in [5.74, 6) is 0.747. The van der Waals surface area contributed by atoms with Crippen LogP contribution < -0.4 is 4.74 Å². The van der Waals surface area contributed by atoms with Crippen molar-refractivity contribution in [1.29, 1.82) is 0 Å². The van der Waals surface area contributed by atoms with Crippen molar-refractivity contribution in [3.8, 4) is 5.75 Å². The quantitative estimate of drug-likeness (QED) is 0.347. The lowest BCUT2D eigenvalue weighted by atomic mass is 9.98. The molecule has 20 heavy (non-hydrogen) atoms. The van der Waals surface area contributed by atoms with Gasteiger partial charge in [-0.1, -0.05) is 32.0 Å². The predicted octanol–water partition coefficient (Wildman–Crippen LogP) is 4.38. The van der Waals surface area contributed by atoms with Crippen LogP contribution in [0.4, 0.5) is 4.79 Å². The van der Waals surface area contributed by atoms with Crippen LogP contribution >= 0.6 is 0 Å². The van der Waals surface area contributed by atoms with Crippen molar-refractivity contribution in [2.45, 2.75) is 52.6 Å². The van der Waals surface area contributed by atoms with E-state index in [1.807, 2.05) is 12.1 Å². The Kier molecular flexibility index (Phi) is 5.98. The first-order valence-electron chi connectivity index (χ1n) is 6.66. The summed E-state index contributed by atoms with van der Waals surface area (Å²) < 4.78 is 5.12. The van der Waals surface area contributed by atoms with Crippen LogP contribution in [-0.2, 0) is 14.8 Å². The first-order chi connectivity index (χ1) is 9.33. The first-order valence-corrected chi connectivity index (χ1v) is 6.66. The zero-order chi connectivity index (χ0) is 15.2. The zero-order valence-electron chi connectivity index (χ0n) is 12.6. The third-order valence-electron chi connectivity index (χ3n) is 2.64. The van der Waals surface area contributed by atoms with Crippen molar-refractivity contribution in [2.75, 3.05) is 0 Å². The number of hydrogen-bond donors (Lipinski definition) is 0. The highest BCUT2D eigenvalue weighted by Crippen LogP contribution is 2.28. The van der Waals surface area contributed by atoms with Crippen LogP contribution in [0.1, 0.15) is 52.5 Å². The van der Waals surface area contributed by atoms with E-state index in [1.165, 1.54) is 0 Å². The molecule has 0 saturated heterocycles. The highest BCUT2D eigenvalue weighted by atomic mass is 17.5. The van der Waals surface area contributed by atoms with Gasteiger partial charge in [0.25, 0.3) is 0 Å². The minimum Gasteiger partial charge on any atom is -0.393 e. The number of carbonyl (C=O) groups is 1. The van der Waals surface area contributed by atoms with E-state index in [1.54, 1.807) is 32.9 Å². The highest BCUT2D eigenvalue weighted by Gasteiger charge is 2.17. The Morgan fingerprint density at radius 1 is 1.25 bits per heavy atom. The Balaban J connectivity index is 2.58. The van der Waals surface area contributed by atoms with Gasteiger partial charge in [-0.25, -0.2) is 9.68 Å². The molecule has 0 fully saturated rings. The Morgan fingerprint density at radius 2 is 1.90 bits per heavy atom. The third kappa shape index (κ3) is 5.59. The minimum absolute atomic E-state index is 0.283. The molecule has 1 rings (SSSR count). The summed E-state index contributed by atoms with van der Waals surface area (Å²) in [6.45, 7) is 9.42. The van der Waals surface area contributed by atoms with Crippen LogP contribution in [0.3, 0.4) is 0 Å². The monoisotopic (exact) mass is 282 g/mol. The molecular formula is C15H22O5. The van der Waals surface area contributed by atoms with Crippen LogP contribution in [0.5, 0.6) is 5.75 Å². The van der Waals surface area contributed by atoms with Crippen molar-refractivity contribution in [1.82, 2.24) is 0 Å². The summed E-state index contributed by atoms with van der Waals surface area (Å²) in [6, 6.07) is 7.33. The molecule has 1 unspecified atom stereocenters. The molecule has 0 radical (unpaired) electrons. The number of ether oxygens (including phenoxy) is 1. The minimum atomic E-state index is -0.968. The molecule has 0 aliphatic carbocycles. The lowest BCUT2D eigenvalue weighted by molar-refractivity contribution is -0.513. The molecule has 0 aliphatic heterocycles. The average Bonchev–Trinajstić information content (AvgIpc) is 2.37. The van der Waals surface area contributed by atoms with Crippen LogP contribution in [0, 0.1) is 0 Å². The second-order valence-electron chi connectivity index (χ2n) is 5.55. The van der Waals surface area contributed by atoms with Gasteiger partial charge in [0.05, 0.1) is 5.60 Å². The maximum absolute atomic E-state index is 11.5. The summed E-state index contributed by atoms with van der Waals surface area (Å²) in [5.41, 5.74) is 0.373. The molecule has 5 heteroatoms. The van der Waals surface area contributed by atoms with Gasteiger partial charge in [-0.05, 0) is 49.8 Å². The molecule has 0 amide bonds. The molecule has 0 saturated carbocycles. The van der Waals surface area contributed by atoms with Gasteiger partial charge < -0.3 is 4.74 Å². The summed E-state index contributed by atoms with van der Waals surface area (Å²) >= 11 is 0. The molecule has 0 heterocycles. The largest absolute Gasteiger partial charge is 0.548 e. The summed E-state index contributed by atoms with van der Waals surface area (Å²) in [4.78, 5) is 20.7. The molecular weight excluding hydrogens is 260 g/mol. The van der Waals surface area contributed by atoms with E-state index in [4.69, 9.17) is 9.62 Å². The van der Waals surface area contributed by atoms with Crippen molar-refractivity contribution in [3.05, 3.63) is 29.8 Å². The van der Waals surface area contributed by atoms with Gasteiger partial charge in [0.1, 0.15) is 5.75 Å². The molecule has 0 N–H and O–H groups in total. The van der Waals surface area contributed by atoms with Gasteiger partial charge >= 0.3 is 6.16 Å². The number of para-hydroxylation sites is 1. The lowest BCUT2D eigenvalue weighted by Crippen LogP contribution is -2.22. The van der Waals surface area contributed by atoms with E-state index in [9.17, 15) is 4.79 Å². The maximum Gasteiger partial charge on any atom is 0.548 e. The van der Waals surface area contributed by atoms with Crippen molar-refractivity contribution < 1.29 is 24.3 Å². The highest BCUT2D eigenvalue weighted by molar-refractivity contribution is 5.64. The van der Waals surface area contributed by atoms with E-state index < -0.39 is 11.8 Å². The number of hydrogen-bond acceptors (Lipinski definition) is 5. The SMILES string of the molecule is CCC(C)c1ccccc1OC(=O)OOOC(C)(C)C.